The predicted molar refractivity (Wildman–Crippen MR) is 79.1 cm³/mol. The van der Waals surface area contributed by atoms with Gasteiger partial charge in [0.2, 0.25) is 5.89 Å². The summed E-state index contributed by atoms with van der Waals surface area (Å²) in [5.74, 6) is 3.47. The van der Waals surface area contributed by atoms with E-state index in [1.54, 1.807) is 0 Å². The number of hydrogen-bond acceptors (Lipinski definition) is 6. The molecule has 0 spiro atoms. The number of hydrogen-bond donors (Lipinski definition) is 1. The van der Waals surface area contributed by atoms with Crippen LogP contribution in [0.15, 0.2) is 34.9 Å². The first-order valence-corrected chi connectivity index (χ1v) is 7.90. The summed E-state index contributed by atoms with van der Waals surface area (Å²) in [6, 6.07) is 11.0. The molecule has 1 unspecified atom stereocenters. The highest BCUT2D eigenvalue weighted by molar-refractivity contribution is 7.99. The van der Waals surface area contributed by atoms with Crippen LogP contribution in [-0.4, -0.2) is 33.1 Å². The van der Waals surface area contributed by atoms with E-state index in [4.69, 9.17) is 10.3 Å². The van der Waals surface area contributed by atoms with Gasteiger partial charge >= 0.3 is 0 Å². The van der Waals surface area contributed by atoms with Crippen LogP contribution in [0.5, 0.6) is 0 Å². The van der Waals surface area contributed by atoms with Crippen LogP contribution in [0.3, 0.4) is 0 Å². The van der Waals surface area contributed by atoms with E-state index in [2.05, 4.69) is 45.4 Å². The molecule has 1 aromatic carbocycles. The quantitative estimate of drug-likeness (QED) is 0.926. The van der Waals surface area contributed by atoms with Crippen LogP contribution in [-0.2, 0) is 13.1 Å². The average Bonchev–Trinajstić information content (AvgIpc) is 2.96. The Morgan fingerprint density at radius 3 is 2.95 bits per heavy atom. The van der Waals surface area contributed by atoms with E-state index in [9.17, 15) is 0 Å². The molecular weight excluding hydrogens is 272 g/mol. The number of nitrogens with zero attached hydrogens (tertiary/aromatic N) is 3. The minimum absolute atomic E-state index is 0.297. The predicted octanol–water partition coefficient (Wildman–Crippen LogP) is 1.82. The Labute approximate surface area is 122 Å². The van der Waals surface area contributed by atoms with Crippen molar-refractivity contribution in [2.75, 3.05) is 18.1 Å². The topological polar surface area (TPSA) is 68.2 Å². The van der Waals surface area contributed by atoms with Gasteiger partial charge in [0.1, 0.15) is 0 Å². The summed E-state index contributed by atoms with van der Waals surface area (Å²) in [6.45, 7) is 2.05. The van der Waals surface area contributed by atoms with E-state index < -0.39 is 0 Å². The third kappa shape index (κ3) is 3.03. The largest absolute Gasteiger partial charge is 0.338 e. The lowest BCUT2D eigenvalue weighted by Gasteiger charge is -2.34. The molecule has 1 aliphatic rings. The Balaban J connectivity index is 1.75. The lowest BCUT2D eigenvalue weighted by atomic mass is 10.1. The molecule has 106 valence electrons. The van der Waals surface area contributed by atoms with Crippen LogP contribution >= 0.6 is 11.8 Å². The van der Waals surface area contributed by atoms with E-state index in [1.165, 1.54) is 5.56 Å². The van der Waals surface area contributed by atoms with Crippen molar-refractivity contribution < 1.29 is 4.52 Å². The first-order chi connectivity index (χ1) is 9.86. The number of aromatic nitrogens is 2. The molecule has 0 amide bonds. The first kappa shape index (κ1) is 13.6. The maximum Gasteiger partial charge on any atom is 0.240 e. The van der Waals surface area contributed by atoms with Gasteiger partial charge in [-0.3, -0.25) is 4.90 Å². The molecule has 1 fully saturated rings. The normalized spacial score (nSPS) is 20.1. The third-order valence-electron chi connectivity index (χ3n) is 3.45. The zero-order valence-electron chi connectivity index (χ0n) is 11.2. The van der Waals surface area contributed by atoms with Crippen LogP contribution in [0.4, 0.5) is 0 Å². The lowest BCUT2D eigenvalue weighted by Crippen LogP contribution is -2.36. The Kier molecular flexibility index (Phi) is 4.34. The molecule has 2 heterocycles. The molecule has 1 saturated heterocycles. The van der Waals surface area contributed by atoms with Gasteiger partial charge in [0.05, 0.1) is 13.1 Å². The first-order valence-electron chi connectivity index (χ1n) is 6.75. The van der Waals surface area contributed by atoms with Crippen molar-refractivity contribution >= 4 is 11.8 Å². The van der Waals surface area contributed by atoms with E-state index in [0.29, 0.717) is 25.0 Å². The zero-order valence-corrected chi connectivity index (χ0v) is 12.1. The van der Waals surface area contributed by atoms with Crippen LogP contribution in [0, 0.1) is 0 Å². The summed E-state index contributed by atoms with van der Waals surface area (Å²) in [7, 11) is 0. The molecule has 1 aromatic heterocycles. The average molecular weight is 290 g/mol. The lowest BCUT2D eigenvalue weighted by molar-refractivity contribution is 0.204. The molecule has 0 saturated carbocycles. The van der Waals surface area contributed by atoms with Gasteiger partial charge in [0.25, 0.3) is 0 Å². The molecule has 6 heteroatoms. The second-order valence-electron chi connectivity index (χ2n) is 4.78. The number of rotatable bonds is 4. The van der Waals surface area contributed by atoms with E-state index in [-0.39, 0.29) is 0 Å². The fourth-order valence-electron chi connectivity index (χ4n) is 2.43. The summed E-state index contributed by atoms with van der Waals surface area (Å²) < 4.78 is 5.08. The summed E-state index contributed by atoms with van der Waals surface area (Å²) in [5, 5.41) is 3.99. The monoisotopic (exact) mass is 290 g/mol. The van der Waals surface area contributed by atoms with Crippen LogP contribution < -0.4 is 5.73 Å². The van der Waals surface area contributed by atoms with Gasteiger partial charge in [0.15, 0.2) is 5.82 Å². The summed E-state index contributed by atoms with van der Waals surface area (Å²) in [6.07, 6.45) is 0. The van der Waals surface area contributed by atoms with Gasteiger partial charge in [-0.25, -0.2) is 0 Å². The number of thioether (sulfide) groups is 1. The minimum atomic E-state index is 0.297. The maximum absolute atomic E-state index is 5.50. The van der Waals surface area contributed by atoms with Crippen molar-refractivity contribution in [3.05, 3.63) is 47.6 Å². The van der Waals surface area contributed by atoms with Gasteiger partial charge in [-0.05, 0) is 5.56 Å². The molecule has 1 aliphatic heterocycles. The highest BCUT2D eigenvalue weighted by atomic mass is 32.2. The Morgan fingerprint density at radius 1 is 1.35 bits per heavy atom. The third-order valence-corrected chi connectivity index (χ3v) is 4.48. The van der Waals surface area contributed by atoms with Crippen LogP contribution in [0.2, 0.25) is 0 Å². The highest BCUT2D eigenvalue weighted by Crippen LogP contribution is 2.30. The maximum atomic E-state index is 5.50. The van der Waals surface area contributed by atoms with Crippen molar-refractivity contribution in [1.82, 2.24) is 15.0 Å². The SMILES string of the molecule is NCc1nc(CN2CCSCC2c2ccccc2)no1. The fraction of sp³-hybridized carbons (Fsp3) is 0.429. The van der Waals surface area contributed by atoms with Crippen LogP contribution in [0.25, 0.3) is 0 Å². The van der Waals surface area contributed by atoms with Crippen LogP contribution in [0.1, 0.15) is 23.3 Å². The van der Waals surface area contributed by atoms with E-state index in [0.717, 1.165) is 23.9 Å². The van der Waals surface area contributed by atoms with E-state index in [1.807, 2.05) is 11.8 Å². The van der Waals surface area contributed by atoms with Crippen molar-refractivity contribution in [2.45, 2.75) is 19.1 Å². The van der Waals surface area contributed by atoms with Gasteiger partial charge in [-0.1, -0.05) is 35.5 Å². The fourth-order valence-corrected chi connectivity index (χ4v) is 3.59. The second-order valence-corrected chi connectivity index (χ2v) is 5.93. The molecule has 0 radical (unpaired) electrons. The molecule has 0 bridgehead atoms. The standard InChI is InChI=1S/C14H18N4OS/c15-8-14-16-13(17-19-14)9-18-6-7-20-10-12(18)11-4-2-1-3-5-11/h1-5,12H,6-10,15H2. The molecule has 3 rings (SSSR count). The van der Waals surface area contributed by atoms with Crippen molar-refractivity contribution in [3.63, 3.8) is 0 Å². The Hall–Kier alpha value is -1.37. The minimum Gasteiger partial charge on any atom is -0.338 e. The van der Waals surface area contributed by atoms with E-state index >= 15 is 0 Å². The number of benzene rings is 1. The molecule has 5 nitrogen and oxygen atoms in total. The number of nitrogens with two attached hydrogens (primary N) is 1. The summed E-state index contributed by atoms with van der Waals surface area (Å²) >= 11 is 2.00. The molecule has 0 aliphatic carbocycles. The Bertz CT molecular complexity index is 545. The molecule has 20 heavy (non-hydrogen) atoms. The molecule has 1 atom stereocenters. The van der Waals surface area contributed by atoms with Crippen molar-refractivity contribution in [1.29, 1.82) is 0 Å². The van der Waals surface area contributed by atoms with Crippen molar-refractivity contribution in [3.8, 4) is 0 Å². The van der Waals surface area contributed by atoms with Gasteiger partial charge in [0, 0.05) is 24.1 Å². The zero-order chi connectivity index (χ0) is 13.8. The highest BCUT2D eigenvalue weighted by Gasteiger charge is 2.25. The summed E-state index contributed by atoms with van der Waals surface area (Å²) in [5.41, 5.74) is 6.85. The smallest absolute Gasteiger partial charge is 0.240 e. The molecule has 2 N–H and O–H groups in total. The Morgan fingerprint density at radius 2 is 2.20 bits per heavy atom. The van der Waals surface area contributed by atoms with Crippen molar-refractivity contribution in [2.24, 2.45) is 5.73 Å². The summed E-state index contributed by atoms with van der Waals surface area (Å²) in [4.78, 5) is 6.71. The van der Waals surface area contributed by atoms with Gasteiger partial charge < -0.3 is 10.3 Å². The molecular formula is C14H18N4OS. The van der Waals surface area contributed by atoms with Gasteiger partial charge in [-0.15, -0.1) is 0 Å². The second kappa shape index (κ2) is 6.39. The molecule has 2 aromatic rings. The van der Waals surface area contributed by atoms with Gasteiger partial charge in [-0.2, -0.15) is 16.7 Å².